The average molecular weight is 366 g/mol. The first-order valence-electron chi connectivity index (χ1n) is 9.14. The Morgan fingerprint density at radius 1 is 0.893 bits per heavy atom. The number of hydrogen-bond donors (Lipinski definition) is 0. The fourth-order valence-corrected chi connectivity index (χ4v) is 3.52. The van der Waals surface area contributed by atoms with Crippen molar-refractivity contribution in [1.82, 2.24) is 20.0 Å². The lowest BCUT2D eigenvalue weighted by Gasteiger charge is -2.09. The van der Waals surface area contributed by atoms with Gasteiger partial charge in [0.15, 0.2) is 0 Å². The summed E-state index contributed by atoms with van der Waals surface area (Å²) < 4.78 is 7.35. The first kappa shape index (κ1) is 16.4. The zero-order chi connectivity index (χ0) is 18.9. The molecule has 0 radical (unpaired) electrons. The van der Waals surface area contributed by atoms with Crippen LogP contribution in [0, 0.1) is 0 Å². The van der Waals surface area contributed by atoms with Crippen LogP contribution < -0.4 is 4.74 Å². The molecule has 0 fully saturated rings. The molecule has 0 unspecified atom stereocenters. The van der Waals surface area contributed by atoms with Gasteiger partial charge >= 0.3 is 0 Å². The molecular formula is C23H18N4O. The normalized spacial score (nSPS) is 11.2. The molecule has 0 saturated heterocycles. The van der Waals surface area contributed by atoms with Gasteiger partial charge in [0.05, 0.1) is 19.2 Å². The molecule has 3 aromatic carbocycles. The third kappa shape index (κ3) is 2.77. The summed E-state index contributed by atoms with van der Waals surface area (Å²) in [6.45, 7) is 0.656. The SMILES string of the molecule is COc1cccc(-c2nc3ccccc3c3c2nnn3Cc2ccccc2)c1. The molecule has 5 rings (SSSR count). The van der Waals surface area contributed by atoms with E-state index in [-0.39, 0.29) is 0 Å². The maximum atomic E-state index is 5.39. The predicted octanol–water partition coefficient (Wildman–Crippen LogP) is 4.70. The second kappa shape index (κ2) is 6.78. The standard InChI is InChI=1S/C23H18N4O/c1-28-18-11-7-10-17(14-18)21-22-23(19-12-5-6-13-20(19)24-21)27(26-25-22)15-16-8-3-2-4-9-16/h2-14H,15H2,1H3. The molecule has 5 nitrogen and oxygen atoms in total. The molecular weight excluding hydrogens is 348 g/mol. The molecule has 0 aliphatic heterocycles. The molecule has 136 valence electrons. The molecule has 5 heteroatoms. The first-order chi connectivity index (χ1) is 13.8. The smallest absolute Gasteiger partial charge is 0.140 e. The molecule has 0 spiro atoms. The Kier molecular flexibility index (Phi) is 3.98. The van der Waals surface area contributed by atoms with Crippen molar-refractivity contribution in [3.63, 3.8) is 0 Å². The van der Waals surface area contributed by atoms with E-state index >= 15 is 0 Å². The summed E-state index contributed by atoms with van der Waals surface area (Å²) in [6.07, 6.45) is 0. The Balaban J connectivity index is 1.77. The Hall–Kier alpha value is -3.73. The third-order valence-corrected chi connectivity index (χ3v) is 4.87. The fourth-order valence-electron chi connectivity index (χ4n) is 3.52. The van der Waals surface area contributed by atoms with Gasteiger partial charge in [-0.15, -0.1) is 5.10 Å². The minimum absolute atomic E-state index is 0.656. The summed E-state index contributed by atoms with van der Waals surface area (Å²) >= 11 is 0. The van der Waals surface area contributed by atoms with Gasteiger partial charge in [0.2, 0.25) is 0 Å². The van der Waals surface area contributed by atoms with Gasteiger partial charge in [0.1, 0.15) is 22.5 Å². The number of para-hydroxylation sites is 1. The minimum atomic E-state index is 0.656. The lowest BCUT2D eigenvalue weighted by atomic mass is 10.1. The topological polar surface area (TPSA) is 52.8 Å². The number of rotatable bonds is 4. The van der Waals surface area contributed by atoms with E-state index in [9.17, 15) is 0 Å². The number of pyridine rings is 1. The zero-order valence-corrected chi connectivity index (χ0v) is 15.4. The molecule has 28 heavy (non-hydrogen) atoms. The number of hydrogen-bond acceptors (Lipinski definition) is 4. The summed E-state index contributed by atoms with van der Waals surface area (Å²) in [5, 5.41) is 10.0. The van der Waals surface area contributed by atoms with Gasteiger partial charge in [-0.1, -0.05) is 65.9 Å². The van der Waals surface area contributed by atoms with Gasteiger partial charge in [-0.25, -0.2) is 9.67 Å². The maximum absolute atomic E-state index is 5.39. The monoisotopic (exact) mass is 366 g/mol. The van der Waals surface area contributed by atoms with Crippen LogP contribution in [0.1, 0.15) is 5.56 Å². The van der Waals surface area contributed by atoms with E-state index in [0.29, 0.717) is 6.54 Å². The van der Waals surface area contributed by atoms with Crippen molar-refractivity contribution in [3.8, 4) is 17.0 Å². The van der Waals surface area contributed by atoms with Crippen LogP contribution in [0.15, 0.2) is 78.9 Å². The van der Waals surface area contributed by atoms with Crippen LogP contribution in [0.4, 0.5) is 0 Å². The number of aromatic nitrogens is 4. The number of ether oxygens (including phenoxy) is 1. The van der Waals surface area contributed by atoms with Crippen LogP contribution in [0.2, 0.25) is 0 Å². The van der Waals surface area contributed by atoms with Crippen LogP contribution >= 0.6 is 0 Å². The van der Waals surface area contributed by atoms with E-state index in [1.54, 1.807) is 7.11 Å². The summed E-state index contributed by atoms with van der Waals surface area (Å²) in [5.74, 6) is 0.789. The number of fused-ring (bicyclic) bond motifs is 3. The molecule has 0 bridgehead atoms. The highest BCUT2D eigenvalue weighted by atomic mass is 16.5. The van der Waals surface area contributed by atoms with Crippen LogP contribution in [0.3, 0.4) is 0 Å². The highest BCUT2D eigenvalue weighted by molar-refractivity contribution is 6.07. The zero-order valence-electron chi connectivity index (χ0n) is 15.4. The molecule has 0 N–H and O–H groups in total. The van der Waals surface area contributed by atoms with E-state index < -0.39 is 0 Å². The minimum Gasteiger partial charge on any atom is -0.497 e. The summed E-state index contributed by atoms with van der Waals surface area (Å²) in [5.41, 5.74) is 5.66. The molecule has 0 aliphatic rings. The summed E-state index contributed by atoms with van der Waals surface area (Å²) in [6, 6.07) is 26.3. The Bertz CT molecular complexity index is 1280. The molecule has 0 atom stereocenters. The third-order valence-electron chi connectivity index (χ3n) is 4.87. The second-order valence-electron chi connectivity index (χ2n) is 6.64. The van der Waals surface area contributed by atoms with Crippen LogP contribution in [0.5, 0.6) is 5.75 Å². The first-order valence-corrected chi connectivity index (χ1v) is 9.14. The lowest BCUT2D eigenvalue weighted by Crippen LogP contribution is -2.02. The average Bonchev–Trinajstić information content (AvgIpc) is 3.18. The van der Waals surface area contributed by atoms with Crippen molar-refractivity contribution in [1.29, 1.82) is 0 Å². The van der Waals surface area contributed by atoms with Crippen LogP contribution in [-0.2, 0) is 6.54 Å². The van der Waals surface area contributed by atoms with Crippen LogP contribution in [0.25, 0.3) is 33.2 Å². The predicted molar refractivity (Wildman–Crippen MR) is 110 cm³/mol. The van der Waals surface area contributed by atoms with E-state index in [4.69, 9.17) is 9.72 Å². The molecule has 2 heterocycles. The van der Waals surface area contributed by atoms with Crippen LogP contribution in [-0.4, -0.2) is 27.1 Å². The Morgan fingerprint density at radius 2 is 1.71 bits per heavy atom. The number of nitrogens with zero attached hydrogens (tertiary/aromatic N) is 4. The van der Waals surface area contributed by atoms with Gasteiger partial charge < -0.3 is 4.74 Å². The van der Waals surface area contributed by atoms with E-state index in [1.165, 1.54) is 5.56 Å². The van der Waals surface area contributed by atoms with E-state index in [2.05, 4.69) is 28.5 Å². The molecule has 5 aromatic rings. The molecule has 0 amide bonds. The number of methoxy groups -OCH3 is 1. The van der Waals surface area contributed by atoms with E-state index in [1.807, 2.05) is 65.3 Å². The Morgan fingerprint density at radius 3 is 2.57 bits per heavy atom. The largest absolute Gasteiger partial charge is 0.497 e. The van der Waals surface area contributed by atoms with Gasteiger partial charge in [0, 0.05) is 10.9 Å². The van der Waals surface area contributed by atoms with Crippen molar-refractivity contribution in [2.24, 2.45) is 0 Å². The molecule has 2 aromatic heterocycles. The second-order valence-corrected chi connectivity index (χ2v) is 6.64. The lowest BCUT2D eigenvalue weighted by molar-refractivity contribution is 0.415. The Labute approximate surface area is 162 Å². The van der Waals surface area contributed by atoms with Gasteiger partial charge in [0.25, 0.3) is 0 Å². The molecule has 0 saturated carbocycles. The summed E-state index contributed by atoms with van der Waals surface area (Å²) in [4.78, 5) is 4.90. The molecule has 0 aliphatic carbocycles. The van der Waals surface area contributed by atoms with Crippen molar-refractivity contribution in [2.75, 3.05) is 7.11 Å². The quantitative estimate of drug-likeness (QED) is 0.462. The van der Waals surface area contributed by atoms with E-state index in [0.717, 1.165) is 38.9 Å². The van der Waals surface area contributed by atoms with Crippen molar-refractivity contribution in [2.45, 2.75) is 6.54 Å². The van der Waals surface area contributed by atoms with Crippen molar-refractivity contribution < 1.29 is 4.74 Å². The highest BCUT2D eigenvalue weighted by Gasteiger charge is 2.17. The summed E-state index contributed by atoms with van der Waals surface area (Å²) in [7, 11) is 1.67. The highest BCUT2D eigenvalue weighted by Crippen LogP contribution is 2.32. The van der Waals surface area contributed by atoms with Crippen molar-refractivity contribution in [3.05, 3.63) is 84.4 Å². The van der Waals surface area contributed by atoms with Crippen molar-refractivity contribution >= 4 is 21.9 Å². The maximum Gasteiger partial charge on any atom is 0.140 e. The van der Waals surface area contributed by atoms with Gasteiger partial charge in [-0.05, 0) is 23.8 Å². The van der Waals surface area contributed by atoms with Gasteiger partial charge in [-0.2, -0.15) is 0 Å². The number of benzene rings is 3. The van der Waals surface area contributed by atoms with Gasteiger partial charge in [-0.3, -0.25) is 0 Å². The fraction of sp³-hybridized carbons (Fsp3) is 0.0870.